The van der Waals surface area contributed by atoms with E-state index in [1.54, 1.807) is 18.2 Å². The van der Waals surface area contributed by atoms with Crippen LogP contribution in [0.5, 0.6) is 0 Å². The molecule has 0 aliphatic rings. The lowest BCUT2D eigenvalue weighted by Gasteiger charge is -2.11. The van der Waals surface area contributed by atoms with E-state index in [2.05, 4.69) is 34.3 Å². The third kappa shape index (κ3) is 5.84. The van der Waals surface area contributed by atoms with Crippen molar-refractivity contribution in [2.75, 3.05) is 11.3 Å². The van der Waals surface area contributed by atoms with E-state index in [1.807, 2.05) is 6.92 Å². The molecule has 3 aromatic carbocycles. The van der Waals surface area contributed by atoms with Crippen LogP contribution in [-0.4, -0.2) is 20.9 Å². The van der Waals surface area contributed by atoms with Crippen molar-refractivity contribution >= 4 is 33.2 Å². The smallest absolute Gasteiger partial charge is 0.261 e. The van der Waals surface area contributed by atoms with Crippen molar-refractivity contribution in [3.63, 3.8) is 0 Å². The second kappa shape index (κ2) is 9.78. The van der Waals surface area contributed by atoms with Crippen molar-refractivity contribution in [3.05, 3.63) is 94.5 Å². The third-order valence-electron chi connectivity index (χ3n) is 4.57. The Morgan fingerprint density at radius 1 is 0.967 bits per heavy atom. The molecular formula is C23H23ClN2O3S. The van der Waals surface area contributed by atoms with E-state index in [4.69, 9.17) is 11.6 Å². The van der Waals surface area contributed by atoms with Crippen molar-refractivity contribution in [3.8, 4) is 0 Å². The molecule has 3 rings (SSSR count). The fourth-order valence-electron chi connectivity index (χ4n) is 2.92. The highest BCUT2D eigenvalue weighted by atomic mass is 35.5. The number of rotatable bonds is 8. The average Bonchev–Trinajstić information content (AvgIpc) is 2.74. The molecule has 0 fully saturated rings. The molecular weight excluding hydrogens is 420 g/mol. The Kier molecular flexibility index (Phi) is 7.13. The van der Waals surface area contributed by atoms with Gasteiger partial charge in [-0.1, -0.05) is 59.6 Å². The number of halogens is 1. The molecule has 156 valence electrons. The van der Waals surface area contributed by atoms with Gasteiger partial charge in [0, 0.05) is 12.2 Å². The van der Waals surface area contributed by atoms with E-state index in [0.717, 1.165) is 12.8 Å². The van der Waals surface area contributed by atoms with E-state index < -0.39 is 10.0 Å². The maximum absolute atomic E-state index is 12.5. The van der Waals surface area contributed by atoms with Gasteiger partial charge in [-0.05, 0) is 55.7 Å². The summed E-state index contributed by atoms with van der Waals surface area (Å²) in [6.07, 6.45) is 1.64. The zero-order valence-electron chi connectivity index (χ0n) is 16.6. The zero-order chi connectivity index (χ0) is 21.6. The molecule has 0 unspecified atom stereocenters. The number of nitrogens with one attached hydrogen (secondary N) is 2. The van der Waals surface area contributed by atoms with Gasteiger partial charge in [-0.15, -0.1) is 0 Å². The van der Waals surface area contributed by atoms with Crippen LogP contribution in [0.25, 0.3) is 0 Å². The molecule has 3 aromatic rings. The van der Waals surface area contributed by atoms with Crippen LogP contribution in [0.1, 0.15) is 27.9 Å². The average molecular weight is 443 g/mol. The van der Waals surface area contributed by atoms with Crippen LogP contribution < -0.4 is 10.0 Å². The number of hydrogen-bond acceptors (Lipinski definition) is 3. The van der Waals surface area contributed by atoms with Crippen molar-refractivity contribution in [2.45, 2.75) is 24.7 Å². The molecule has 30 heavy (non-hydrogen) atoms. The van der Waals surface area contributed by atoms with Gasteiger partial charge in [-0.2, -0.15) is 0 Å². The number of sulfonamides is 1. The topological polar surface area (TPSA) is 75.3 Å². The van der Waals surface area contributed by atoms with Gasteiger partial charge in [0.2, 0.25) is 0 Å². The van der Waals surface area contributed by atoms with Crippen molar-refractivity contribution in [2.24, 2.45) is 0 Å². The molecule has 0 aliphatic heterocycles. The quantitative estimate of drug-likeness (QED) is 0.491. The monoisotopic (exact) mass is 442 g/mol. The van der Waals surface area contributed by atoms with Crippen molar-refractivity contribution < 1.29 is 13.2 Å². The first-order chi connectivity index (χ1) is 14.3. The summed E-state index contributed by atoms with van der Waals surface area (Å²) in [6, 6.07) is 20.8. The lowest BCUT2D eigenvalue weighted by Crippen LogP contribution is -2.25. The Morgan fingerprint density at radius 3 is 2.37 bits per heavy atom. The van der Waals surface area contributed by atoms with E-state index >= 15 is 0 Å². The zero-order valence-corrected chi connectivity index (χ0v) is 18.1. The summed E-state index contributed by atoms with van der Waals surface area (Å²) >= 11 is 6.16. The largest absolute Gasteiger partial charge is 0.352 e. The van der Waals surface area contributed by atoms with Crippen LogP contribution in [0.15, 0.2) is 77.7 Å². The fourth-order valence-corrected chi connectivity index (χ4v) is 4.19. The molecule has 2 N–H and O–H groups in total. The van der Waals surface area contributed by atoms with Gasteiger partial charge < -0.3 is 5.32 Å². The van der Waals surface area contributed by atoms with E-state index in [-0.39, 0.29) is 27.1 Å². The molecule has 0 spiro atoms. The molecule has 0 saturated carbocycles. The number of carbonyl (C=O) groups excluding carboxylic acids is 1. The highest BCUT2D eigenvalue weighted by Crippen LogP contribution is 2.23. The summed E-state index contributed by atoms with van der Waals surface area (Å²) in [5.41, 5.74) is 2.92. The molecule has 5 nitrogen and oxygen atoms in total. The van der Waals surface area contributed by atoms with Gasteiger partial charge in [0.25, 0.3) is 15.9 Å². The standard InChI is InChI=1S/C23H23ClN2O3S/c1-17-9-11-18(12-10-17)6-5-15-25-23(27)21-16-19(13-14-22(21)24)26-30(28,29)20-7-3-2-4-8-20/h2-4,7-14,16,26H,5-6,15H2,1H3,(H,25,27). The van der Waals surface area contributed by atoms with Crippen LogP contribution in [0.3, 0.4) is 0 Å². The van der Waals surface area contributed by atoms with Gasteiger partial charge in [-0.3, -0.25) is 9.52 Å². The van der Waals surface area contributed by atoms with Crippen LogP contribution in [0, 0.1) is 6.92 Å². The Hall–Kier alpha value is -2.83. The summed E-state index contributed by atoms with van der Waals surface area (Å²) < 4.78 is 27.5. The van der Waals surface area contributed by atoms with E-state index in [1.165, 1.54) is 41.5 Å². The number of benzene rings is 3. The maximum Gasteiger partial charge on any atom is 0.261 e. The minimum atomic E-state index is -3.75. The molecule has 0 heterocycles. The first-order valence-corrected chi connectivity index (χ1v) is 11.4. The third-order valence-corrected chi connectivity index (χ3v) is 6.29. The summed E-state index contributed by atoms with van der Waals surface area (Å²) in [5.74, 6) is -0.343. The molecule has 0 radical (unpaired) electrons. The SMILES string of the molecule is Cc1ccc(CCCNC(=O)c2cc(NS(=O)(=O)c3ccccc3)ccc2Cl)cc1. The van der Waals surface area contributed by atoms with Gasteiger partial charge in [0.15, 0.2) is 0 Å². The van der Waals surface area contributed by atoms with Crippen molar-refractivity contribution in [1.29, 1.82) is 0 Å². The number of amides is 1. The van der Waals surface area contributed by atoms with Gasteiger partial charge >= 0.3 is 0 Å². The first kappa shape index (κ1) is 21.9. The minimum Gasteiger partial charge on any atom is -0.352 e. The van der Waals surface area contributed by atoms with Crippen LogP contribution in [0.4, 0.5) is 5.69 Å². The molecule has 0 atom stereocenters. The fraction of sp³-hybridized carbons (Fsp3) is 0.174. The molecule has 1 amide bonds. The Labute approximate surface area is 182 Å². The summed E-state index contributed by atoms with van der Waals surface area (Å²) in [4.78, 5) is 12.7. The summed E-state index contributed by atoms with van der Waals surface area (Å²) in [5, 5.41) is 3.10. The first-order valence-electron chi connectivity index (χ1n) is 9.56. The van der Waals surface area contributed by atoms with Crippen LogP contribution >= 0.6 is 11.6 Å². The van der Waals surface area contributed by atoms with Gasteiger partial charge in [0.05, 0.1) is 15.5 Å². The minimum absolute atomic E-state index is 0.141. The normalized spacial score (nSPS) is 11.1. The van der Waals surface area contributed by atoms with Gasteiger partial charge in [-0.25, -0.2) is 8.42 Å². The highest BCUT2D eigenvalue weighted by molar-refractivity contribution is 7.92. The second-order valence-electron chi connectivity index (χ2n) is 6.96. The molecule has 0 aliphatic carbocycles. The Morgan fingerprint density at radius 2 is 1.67 bits per heavy atom. The molecule has 0 aromatic heterocycles. The van der Waals surface area contributed by atoms with Crippen LogP contribution in [-0.2, 0) is 16.4 Å². The summed E-state index contributed by atoms with van der Waals surface area (Å²) in [7, 11) is -3.75. The number of hydrogen-bond donors (Lipinski definition) is 2. The lowest BCUT2D eigenvalue weighted by atomic mass is 10.1. The molecule has 0 bridgehead atoms. The van der Waals surface area contributed by atoms with E-state index in [0.29, 0.717) is 6.54 Å². The molecule has 0 saturated heterocycles. The predicted molar refractivity (Wildman–Crippen MR) is 121 cm³/mol. The highest BCUT2D eigenvalue weighted by Gasteiger charge is 2.16. The Balaban J connectivity index is 1.61. The predicted octanol–water partition coefficient (Wildman–Crippen LogP) is 4.81. The van der Waals surface area contributed by atoms with Crippen molar-refractivity contribution in [1.82, 2.24) is 5.32 Å². The number of anilines is 1. The second-order valence-corrected chi connectivity index (χ2v) is 9.05. The van der Waals surface area contributed by atoms with E-state index in [9.17, 15) is 13.2 Å². The summed E-state index contributed by atoms with van der Waals surface area (Å²) in [6.45, 7) is 2.53. The molecule has 7 heteroatoms. The number of carbonyl (C=O) groups is 1. The lowest BCUT2D eigenvalue weighted by molar-refractivity contribution is 0.0953. The Bertz CT molecular complexity index is 1110. The maximum atomic E-state index is 12.5. The van der Waals surface area contributed by atoms with Gasteiger partial charge in [0.1, 0.15) is 0 Å². The number of aryl methyl sites for hydroxylation is 2. The van der Waals surface area contributed by atoms with Crippen LogP contribution in [0.2, 0.25) is 5.02 Å².